The number of halogens is 5. The number of pyridine rings is 1. The lowest BCUT2D eigenvalue weighted by Gasteiger charge is -2.11. The lowest BCUT2D eigenvalue weighted by Crippen LogP contribution is -2.07. The van der Waals surface area contributed by atoms with Crippen molar-refractivity contribution in [1.82, 2.24) is 9.38 Å². The number of alkyl halides is 3. The zero-order valence-electron chi connectivity index (χ0n) is 15.5. The maximum atomic E-state index is 14.6. The molecule has 0 radical (unpaired) electrons. The van der Waals surface area contributed by atoms with Gasteiger partial charge in [0.2, 0.25) is 0 Å². The second-order valence-electron chi connectivity index (χ2n) is 6.64. The molecule has 4 rings (SSSR count). The lowest BCUT2D eigenvalue weighted by molar-refractivity contribution is -0.137. The second kappa shape index (κ2) is 7.38. The predicted molar refractivity (Wildman–Crippen MR) is 104 cm³/mol. The minimum atomic E-state index is -4.70. The van der Waals surface area contributed by atoms with E-state index < -0.39 is 23.4 Å². The third-order valence-corrected chi connectivity index (χ3v) is 4.69. The summed E-state index contributed by atoms with van der Waals surface area (Å²) in [4.78, 5) is 4.11. The van der Waals surface area contributed by atoms with Crippen LogP contribution in [0.4, 0.5) is 27.8 Å². The van der Waals surface area contributed by atoms with Crippen molar-refractivity contribution in [2.75, 3.05) is 5.73 Å². The molecule has 2 aromatic carbocycles. The Morgan fingerprint density at radius 3 is 2.26 bits per heavy atom. The van der Waals surface area contributed by atoms with Gasteiger partial charge in [-0.3, -0.25) is 4.40 Å². The maximum absolute atomic E-state index is 14.6. The van der Waals surface area contributed by atoms with Crippen LogP contribution in [0.3, 0.4) is 0 Å². The fourth-order valence-corrected chi connectivity index (χ4v) is 3.24. The van der Waals surface area contributed by atoms with Gasteiger partial charge in [-0.1, -0.05) is 5.16 Å². The number of anilines is 1. The minimum absolute atomic E-state index is 0.0412. The minimum Gasteiger partial charge on any atom is -0.410 e. The van der Waals surface area contributed by atoms with Crippen molar-refractivity contribution in [3.8, 4) is 11.3 Å². The Morgan fingerprint density at radius 2 is 1.65 bits per heavy atom. The van der Waals surface area contributed by atoms with Crippen LogP contribution in [-0.2, 0) is 6.18 Å². The van der Waals surface area contributed by atoms with Crippen molar-refractivity contribution in [2.45, 2.75) is 6.18 Å². The molecule has 0 bridgehead atoms. The number of nitrogen functional groups attached to an aromatic ring is 1. The highest BCUT2D eigenvalue weighted by Crippen LogP contribution is 2.35. The van der Waals surface area contributed by atoms with Crippen LogP contribution < -0.4 is 5.73 Å². The van der Waals surface area contributed by atoms with Crippen LogP contribution in [-0.4, -0.2) is 20.3 Å². The average Bonchev–Trinajstić information content (AvgIpc) is 3.04. The molecule has 0 aliphatic carbocycles. The standard InChI is InChI=1S/C21H13F5N4O/c22-14-5-1-11(2-6-14)18(29-31)12-3-8-17-28-20(27)19(30(17)10-12)15-7-4-13(9-16(15)23)21(24,25)26/h1-10,31H,27H2. The summed E-state index contributed by atoms with van der Waals surface area (Å²) < 4.78 is 67.8. The third kappa shape index (κ3) is 3.67. The van der Waals surface area contributed by atoms with Crippen molar-refractivity contribution in [3.63, 3.8) is 0 Å². The average molecular weight is 432 g/mol. The number of rotatable bonds is 3. The van der Waals surface area contributed by atoms with E-state index in [4.69, 9.17) is 5.73 Å². The van der Waals surface area contributed by atoms with E-state index in [1.165, 1.54) is 40.9 Å². The number of benzene rings is 2. The number of hydrogen-bond acceptors (Lipinski definition) is 4. The molecule has 10 heteroatoms. The molecular weight excluding hydrogens is 419 g/mol. The summed E-state index contributed by atoms with van der Waals surface area (Å²) in [5.74, 6) is -1.69. The van der Waals surface area contributed by atoms with Gasteiger partial charge in [-0.15, -0.1) is 0 Å². The van der Waals surface area contributed by atoms with Gasteiger partial charge in [-0.25, -0.2) is 13.8 Å². The fourth-order valence-electron chi connectivity index (χ4n) is 3.24. The summed E-state index contributed by atoms with van der Waals surface area (Å²) in [5.41, 5.74) is 5.80. The molecule has 0 atom stereocenters. The molecule has 3 N–H and O–H groups in total. The topological polar surface area (TPSA) is 75.9 Å². The van der Waals surface area contributed by atoms with Gasteiger partial charge in [0, 0.05) is 22.9 Å². The molecule has 158 valence electrons. The van der Waals surface area contributed by atoms with Crippen molar-refractivity contribution in [1.29, 1.82) is 0 Å². The predicted octanol–water partition coefficient (Wildman–Crippen LogP) is 5.11. The van der Waals surface area contributed by atoms with Gasteiger partial charge < -0.3 is 10.9 Å². The SMILES string of the molecule is Nc1nc2ccc(C(=NO)c3ccc(F)cc3)cn2c1-c1ccc(C(F)(F)F)cc1F. The van der Waals surface area contributed by atoms with Crippen LogP contribution in [0.2, 0.25) is 0 Å². The van der Waals surface area contributed by atoms with Crippen molar-refractivity contribution in [3.05, 3.63) is 89.1 Å². The largest absolute Gasteiger partial charge is 0.416 e. The molecule has 5 nitrogen and oxygen atoms in total. The molecule has 2 aromatic heterocycles. The number of fused-ring (bicyclic) bond motifs is 1. The number of oxime groups is 1. The summed E-state index contributed by atoms with van der Waals surface area (Å²) in [6.45, 7) is 0. The van der Waals surface area contributed by atoms with Crippen LogP contribution in [0.5, 0.6) is 0 Å². The molecule has 31 heavy (non-hydrogen) atoms. The van der Waals surface area contributed by atoms with E-state index in [9.17, 15) is 27.2 Å². The summed E-state index contributed by atoms with van der Waals surface area (Å²) in [7, 11) is 0. The zero-order valence-corrected chi connectivity index (χ0v) is 15.5. The Bertz CT molecular complexity index is 1310. The molecule has 0 unspecified atom stereocenters. The maximum Gasteiger partial charge on any atom is 0.416 e. The molecule has 4 aromatic rings. The Balaban J connectivity index is 1.87. The molecule has 0 spiro atoms. The summed E-state index contributed by atoms with van der Waals surface area (Å²) >= 11 is 0. The molecular formula is C21H13F5N4O. The van der Waals surface area contributed by atoms with Crippen LogP contribution in [0.15, 0.2) is 65.9 Å². The number of nitrogens with zero attached hydrogens (tertiary/aromatic N) is 3. The van der Waals surface area contributed by atoms with Gasteiger partial charge in [0.1, 0.15) is 23.0 Å². The van der Waals surface area contributed by atoms with E-state index in [1.807, 2.05) is 0 Å². The number of imidazole rings is 1. The molecule has 2 heterocycles. The Labute approximate surface area is 171 Å². The van der Waals surface area contributed by atoms with E-state index in [2.05, 4.69) is 10.1 Å². The number of aromatic nitrogens is 2. The van der Waals surface area contributed by atoms with Crippen LogP contribution >= 0.6 is 0 Å². The van der Waals surface area contributed by atoms with E-state index in [1.54, 1.807) is 6.07 Å². The highest BCUT2D eigenvalue weighted by Gasteiger charge is 2.31. The first-order chi connectivity index (χ1) is 14.7. The van der Waals surface area contributed by atoms with E-state index in [-0.39, 0.29) is 22.8 Å². The Hall–Kier alpha value is -3.95. The first kappa shape index (κ1) is 20.3. The second-order valence-corrected chi connectivity index (χ2v) is 6.64. The smallest absolute Gasteiger partial charge is 0.410 e. The van der Waals surface area contributed by atoms with E-state index >= 15 is 0 Å². The highest BCUT2D eigenvalue weighted by molar-refractivity contribution is 6.12. The van der Waals surface area contributed by atoms with Gasteiger partial charge in [0.15, 0.2) is 5.82 Å². The molecule has 0 saturated heterocycles. The summed E-state index contributed by atoms with van der Waals surface area (Å²) in [6, 6.07) is 10.4. The Kier molecular flexibility index (Phi) is 4.84. The van der Waals surface area contributed by atoms with Gasteiger partial charge in [-0.2, -0.15) is 13.2 Å². The summed E-state index contributed by atoms with van der Waals surface area (Å²) in [5, 5.41) is 12.8. The van der Waals surface area contributed by atoms with E-state index in [0.717, 1.165) is 12.1 Å². The molecule has 0 aliphatic heterocycles. The fraction of sp³-hybridized carbons (Fsp3) is 0.0476. The number of nitrogens with two attached hydrogens (primary N) is 1. The molecule has 0 fully saturated rings. The number of hydrogen-bond donors (Lipinski definition) is 2. The third-order valence-electron chi connectivity index (χ3n) is 4.69. The van der Waals surface area contributed by atoms with Crippen molar-refractivity contribution >= 4 is 17.2 Å². The molecule has 0 aliphatic rings. The van der Waals surface area contributed by atoms with Crippen molar-refractivity contribution in [2.24, 2.45) is 5.16 Å². The van der Waals surface area contributed by atoms with E-state index in [0.29, 0.717) is 22.8 Å². The molecule has 0 amide bonds. The lowest BCUT2D eigenvalue weighted by atomic mass is 10.0. The quantitative estimate of drug-likeness (QED) is 0.205. The van der Waals surface area contributed by atoms with Crippen molar-refractivity contribution < 1.29 is 27.2 Å². The van der Waals surface area contributed by atoms with Gasteiger partial charge in [0.05, 0.1) is 11.3 Å². The first-order valence-electron chi connectivity index (χ1n) is 8.82. The van der Waals surface area contributed by atoms with Crippen LogP contribution in [0.25, 0.3) is 16.9 Å². The van der Waals surface area contributed by atoms with Gasteiger partial charge in [0.25, 0.3) is 0 Å². The Morgan fingerprint density at radius 1 is 0.968 bits per heavy atom. The van der Waals surface area contributed by atoms with Crippen LogP contribution in [0, 0.1) is 11.6 Å². The monoisotopic (exact) mass is 432 g/mol. The van der Waals surface area contributed by atoms with Gasteiger partial charge >= 0.3 is 6.18 Å². The van der Waals surface area contributed by atoms with Gasteiger partial charge in [-0.05, 0) is 54.6 Å². The normalized spacial score (nSPS) is 12.5. The zero-order chi connectivity index (χ0) is 22.3. The molecule has 0 saturated carbocycles. The highest BCUT2D eigenvalue weighted by atomic mass is 19.4. The summed E-state index contributed by atoms with van der Waals surface area (Å²) in [6.07, 6.45) is -3.25. The van der Waals surface area contributed by atoms with Crippen LogP contribution in [0.1, 0.15) is 16.7 Å². The first-order valence-corrected chi connectivity index (χ1v) is 8.82.